The van der Waals surface area contributed by atoms with Crippen LogP contribution in [0.1, 0.15) is 31.4 Å². The first-order valence-electron chi connectivity index (χ1n) is 15.2. The Hall–Kier alpha value is -4.35. The summed E-state index contributed by atoms with van der Waals surface area (Å²) in [6.45, 7) is 3.37. The number of nitrogens with zero attached hydrogens (tertiary/aromatic N) is 2. The monoisotopic (exact) mass is 721 g/mol. The third-order valence-corrected chi connectivity index (χ3v) is 10.1. The van der Waals surface area contributed by atoms with E-state index in [-0.39, 0.29) is 35.5 Å². The number of hydrogen-bond donors (Lipinski definition) is 1. The van der Waals surface area contributed by atoms with Crippen LogP contribution in [0, 0.1) is 0 Å². The van der Waals surface area contributed by atoms with Crippen molar-refractivity contribution in [1.82, 2.24) is 10.2 Å². The van der Waals surface area contributed by atoms with E-state index in [2.05, 4.69) is 21.2 Å². The van der Waals surface area contributed by atoms with E-state index < -0.39 is 28.5 Å². The second kappa shape index (κ2) is 16.5. The van der Waals surface area contributed by atoms with Crippen molar-refractivity contribution < 1.29 is 27.5 Å². The van der Waals surface area contributed by atoms with Gasteiger partial charge in [0, 0.05) is 29.5 Å². The molecule has 2 atom stereocenters. The predicted octanol–water partition coefficient (Wildman–Crippen LogP) is 6.22. The molecule has 0 aliphatic rings. The highest BCUT2D eigenvalue weighted by molar-refractivity contribution is 9.10. The van der Waals surface area contributed by atoms with Crippen molar-refractivity contribution in [3.05, 3.63) is 119 Å². The van der Waals surface area contributed by atoms with Crippen LogP contribution >= 0.6 is 15.9 Å². The number of methoxy groups -OCH3 is 2. The van der Waals surface area contributed by atoms with Crippen molar-refractivity contribution in [2.45, 2.75) is 50.2 Å². The summed E-state index contributed by atoms with van der Waals surface area (Å²) < 4.78 is 41.2. The number of carbonyl (C=O) groups is 2. The summed E-state index contributed by atoms with van der Waals surface area (Å²) in [5, 5.41) is 3.05. The normalized spacial score (nSPS) is 12.4. The Morgan fingerprint density at radius 3 is 2.04 bits per heavy atom. The van der Waals surface area contributed by atoms with E-state index >= 15 is 0 Å². The van der Waals surface area contributed by atoms with Crippen molar-refractivity contribution in [1.29, 1.82) is 0 Å². The maximum atomic E-state index is 14.6. The third kappa shape index (κ3) is 9.14. The molecule has 0 saturated heterocycles. The van der Waals surface area contributed by atoms with Gasteiger partial charge < -0.3 is 19.7 Å². The van der Waals surface area contributed by atoms with E-state index in [9.17, 15) is 18.0 Å². The Bertz CT molecular complexity index is 1740. The minimum Gasteiger partial charge on any atom is -0.493 e. The van der Waals surface area contributed by atoms with Crippen LogP contribution in [0.3, 0.4) is 0 Å². The van der Waals surface area contributed by atoms with E-state index in [1.54, 1.807) is 30.3 Å². The van der Waals surface area contributed by atoms with Gasteiger partial charge in [-0.3, -0.25) is 13.9 Å². The highest BCUT2D eigenvalue weighted by atomic mass is 79.9. The second-order valence-corrected chi connectivity index (χ2v) is 13.8. The van der Waals surface area contributed by atoms with Crippen LogP contribution in [0.2, 0.25) is 0 Å². The number of rotatable bonds is 15. The van der Waals surface area contributed by atoms with Crippen molar-refractivity contribution in [3.63, 3.8) is 0 Å². The van der Waals surface area contributed by atoms with Crippen molar-refractivity contribution in [2.24, 2.45) is 0 Å². The zero-order valence-corrected chi connectivity index (χ0v) is 29.3. The van der Waals surface area contributed by atoms with E-state index in [0.717, 1.165) is 19.9 Å². The molecule has 0 unspecified atom stereocenters. The Morgan fingerprint density at radius 2 is 1.45 bits per heavy atom. The van der Waals surface area contributed by atoms with Crippen LogP contribution in [0.25, 0.3) is 0 Å². The molecule has 0 aliphatic carbocycles. The molecule has 4 rings (SSSR count). The largest absolute Gasteiger partial charge is 0.493 e. The summed E-state index contributed by atoms with van der Waals surface area (Å²) in [5.41, 5.74) is 1.84. The lowest BCUT2D eigenvalue weighted by atomic mass is 10.0. The molecule has 0 aliphatic heterocycles. The lowest BCUT2D eigenvalue weighted by Gasteiger charge is -2.34. The van der Waals surface area contributed by atoms with Crippen LogP contribution in [0.15, 0.2) is 112 Å². The molecule has 4 aromatic carbocycles. The molecule has 0 heterocycles. The van der Waals surface area contributed by atoms with Gasteiger partial charge in [-0.2, -0.15) is 0 Å². The number of sulfonamides is 1. The van der Waals surface area contributed by atoms with Gasteiger partial charge >= 0.3 is 0 Å². The summed E-state index contributed by atoms with van der Waals surface area (Å²) in [6.07, 6.45) is 0.931. The fourth-order valence-corrected chi connectivity index (χ4v) is 6.70. The van der Waals surface area contributed by atoms with Crippen LogP contribution < -0.4 is 19.1 Å². The Morgan fingerprint density at radius 1 is 0.830 bits per heavy atom. The molecular weight excluding hydrogens is 682 g/mol. The molecule has 4 aromatic rings. The maximum absolute atomic E-state index is 14.6. The standard InChI is InChI=1S/C36H40BrN3O6S/c1-5-26(2)38-36(42)32(22-27-12-8-6-9-13-27)39(24-28-16-18-29(37)19-17-28)35(41)25-40(47(43,44)31-14-10-7-11-15-31)30-20-21-33(45-3)34(23-30)46-4/h6-21,23,26,32H,5,22,24-25H2,1-4H3,(H,38,42)/t26-,32-/m1/s1. The summed E-state index contributed by atoms with van der Waals surface area (Å²) in [4.78, 5) is 30.1. The molecule has 0 radical (unpaired) electrons. The number of halogens is 1. The molecule has 9 nitrogen and oxygen atoms in total. The Labute approximate surface area is 285 Å². The molecule has 2 amide bonds. The summed E-state index contributed by atoms with van der Waals surface area (Å²) in [6, 6.07) is 28.4. The summed E-state index contributed by atoms with van der Waals surface area (Å²) in [5.74, 6) is -0.173. The second-order valence-electron chi connectivity index (χ2n) is 11.0. The molecule has 0 spiro atoms. The average molecular weight is 723 g/mol. The zero-order chi connectivity index (χ0) is 34.0. The molecule has 248 valence electrons. The molecule has 0 fully saturated rings. The number of benzene rings is 4. The Kier molecular flexibility index (Phi) is 12.4. The number of nitrogens with one attached hydrogen (secondary N) is 1. The zero-order valence-electron chi connectivity index (χ0n) is 26.9. The minimum absolute atomic E-state index is 0.0115. The van der Waals surface area contributed by atoms with Gasteiger partial charge in [-0.15, -0.1) is 0 Å². The number of carbonyl (C=O) groups excluding carboxylic acids is 2. The van der Waals surface area contributed by atoms with Gasteiger partial charge in [0.1, 0.15) is 12.6 Å². The van der Waals surface area contributed by atoms with Crippen LogP contribution in [0.4, 0.5) is 5.69 Å². The molecule has 11 heteroatoms. The molecule has 47 heavy (non-hydrogen) atoms. The van der Waals surface area contributed by atoms with Crippen LogP contribution in [-0.2, 0) is 32.6 Å². The molecule has 0 saturated carbocycles. The number of amides is 2. The van der Waals surface area contributed by atoms with Crippen molar-refractivity contribution in [2.75, 3.05) is 25.1 Å². The topological polar surface area (TPSA) is 105 Å². The van der Waals surface area contributed by atoms with Gasteiger partial charge in [0.15, 0.2) is 11.5 Å². The van der Waals surface area contributed by atoms with E-state index in [1.165, 1.54) is 37.3 Å². The average Bonchev–Trinajstić information content (AvgIpc) is 3.09. The van der Waals surface area contributed by atoms with Gasteiger partial charge in [-0.25, -0.2) is 8.42 Å². The fraction of sp³-hybridized carbons (Fsp3) is 0.278. The summed E-state index contributed by atoms with van der Waals surface area (Å²) in [7, 11) is -1.32. The summed E-state index contributed by atoms with van der Waals surface area (Å²) >= 11 is 3.46. The van der Waals surface area contributed by atoms with Crippen LogP contribution in [-0.4, -0.2) is 58.0 Å². The SMILES string of the molecule is CC[C@@H](C)NC(=O)[C@@H](Cc1ccccc1)N(Cc1ccc(Br)cc1)C(=O)CN(c1ccc(OC)c(OC)c1)S(=O)(=O)c1ccccc1. The molecular formula is C36H40BrN3O6S. The smallest absolute Gasteiger partial charge is 0.264 e. The van der Waals surface area contributed by atoms with Gasteiger partial charge in [-0.1, -0.05) is 83.5 Å². The minimum atomic E-state index is -4.25. The first kappa shape index (κ1) is 35.5. The highest BCUT2D eigenvalue weighted by Gasteiger charge is 2.35. The van der Waals surface area contributed by atoms with E-state index in [0.29, 0.717) is 17.9 Å². The first-order valence-corrected chi connectivity index (χ1v) is 17.5. The third-order valence-electron chi connectivity index (χ3n) is 7.80. The van der Waals surface area contributed by atoms with Gasteiger partial charge in [0.25, 0.3) is 10.0 Å². The van der Waals surface area contributed by atoms with Crippen molar-refractivity contribution in [3.8, 4) is 11.5 Å². The lowest BCUT2D eigenvalue weighted by Crippen LogP contribution is -2.54. The van der Waals surface area contributed by atoms with Crippen LogP contribution in [0.5, 0.6) is 11.5 Å². The molecule has 0 bridgehead atoms. The fourth-order valence-electron chi connectivity index (χ4n) is 5.01. The molecule has 0 aromatic heterocycles. The van der Waals surface area contributed by atoms with E-state index in [1.807, 2.05) is 68.4 Å². The number of anilines is 1. The quantitative estimate of drug-likeness (QED) is 0.156. The van der Waals surface area contributed by atoms with Gasteiger partial charge in [0.05, 0.1) is 24.8 Å². The van der Waals surface area contributed by atoms with Crippen molar-refractivity contribution >= 4 is 43.5 Å². The maximum Gasteiger partial charge on any atom is 0.264 e. The lowest BCUT2D eigenvalue weighted by molar-refractivity contribution is -0.140. The number of ether oxygens (including phenoxy) is 2. The van der Waals surface area contributed by atoms with E-state index in [4.69, 9.17) is 9.47 Å². The number of hydrogen-bond acceptors (Lipinski definition) is 6. The first-order chi connectivity index (χ1) is 22.6. The van der Waals surface area contributed by atoms with Gasteiger partial charge in [0.2, 0.25) is 11.8 Å². The van der Waals surface area contributed by atoms with Gasteiger partial charge in [-0.05, 0) is 60.9 Å². The Balaban J connectivity index is 1.83. The predicted molar refractivity (Wildman–Crippen MR) is 187 cm³/mol. The molecule has 1 N–H and O–H groups in total. The highest BCUT2D eigenvalue weighted by Crippen LogP contribution is 2.34.